The Hall–Kier alpha value is -4.09. The van der Waals surface area contributed by atoms with Gasteiger partial charge in [-0.1, -0.05) is 6.07 Å². The zero-order valence-electron chi connectivity index (χ0n) is 15.9. The normalized spacial score (nSPS) is 20.6. The molecule has 2 N–H and O–H groups in total. The van der Waals surface area contributed by atoms with Gasteiger partial charge in [-0.25, -0.2) is 9.78 Å². The topological polar surface area (TPSA) is 114 Å². The molecule has 12 heteroatoms. The Morgan fingerprint density at radius 3 is 2.75 bits per heavy atom. The van der Waals surface area contributed by atoms with Crippen LogP contribution in [-0.2, 0) is 0 Å². The molecule has 0 spiro atoms. The third-order valence-electron chi connectivity index (χ3n) is 5.59. The standard InChI is InChI=1S/C20H12F3N5O4/c21-16-7-24-17-11(5-13(27-28(16)17)12-6-25-19(30)26-18(12)29)10-4-9(10)8-1-2-14-15(3-8)32-20(22,23)31-14/h1-3,5-7,9-10H,4H2,(H2,25,26,29,30)/t9-,10+/m1/s1. The number of nitrogens with one attached hydrogen (secondary N) is 2. The lowest BCUT2D eigenvalue weighted by Gasteiger charge is -2.08. The fraction of sp³-hybridized carbons (Fsp3) is 0.200. The first-order valence-corrected chi connectivity index (χ1v) is 9.55. The smallest absolute Gasteiger partial charge is 0.395 e. The van der Waals surface area contributed by atoms with Crippen LogP contribution in [0.1, 0.15) is 29.4 Å². The van der Waals surface area contributed by atoms with Crippen molar-refractivity contribution in [2.75, 3.05) is 0 Å². The summed E-state index contributed by atoms with van der Waals surface area (Å²) in [7, 11) is 0. The van der Waals surface area contributed by atoms with Gasteiger partial charge in [0, 0.05) is 11.8 Å². The Balaban J connectivity index is 1.41. The van der Waals surface area contributed by atoms with Crippen LogP contribution in [-0.4, -0.2) is 30.9 Å². The summed E-state index contributed by atoms with van der Waals surface area (Å²) in [6.45, 7) is 0. The van der Waals surface area contributed by atoms with Gasteiger partial charge in [0.05, 0.1) is 17.5 Å². The molecule has 1 aliphatic heterocycles. The van der Waals surface area contributed by atoms with Crippen LogP contribution in [0.5, 0.6) is 11.5 Å². The van der Waals surface area contributed by atoms with Gasteiger partial charge in [0.2, 0.25) is 5.95 Å². The molecule has 162 valence electrons. The molecule has 1 fully saturated rings. The Morgan fingerprint density at radius 2 is 1.94 bits per heavy atom. The predicted octanol–water partition coefficient (Wildman–Crippen LogP) is 2.50. The molecule has 1 saturated carbocycles. The molecule has 0 saturated heterocycles. The van der Waals surface area contributed by atoms with Crippen molar-refractivity contribution in [3.05, 3.63) is 74.6 Å². The number of fused-ring (bicyclic) bond motifs is 2. The highest BCUT2D eigenvalue weighted by atomic mass is 19.3. The van der Waals surface area contributed by atoms with Gasteiger partial charge in [0.15, 0.2) is 17.1 Å². The highest BCUT2D eigenvalue weighted by molar-refractivity contribution is 5.64. The first kappa shape index (κ1) is 18.7. The molecule has 9 nitrogen and oxygen atoms in total. The molecule has 32 heavy (non-hydrogen) atoms. The monoisotopic (exact) mass is 443 g/mol. The molecule has 4 heterocycles. The van der Waals surface area contributed by atoms with E-state index in [4.69, 9.17) is 0 Å². The van der Waals surface area contributed by atoms with E-state index in [1.165, 1.54) is 18.3 Å². The van der Waals surface area contributed by atoms with E-state index in [9.17, 15) is 22.8 Å². The highest BCUT2D eigenvalue weighted by Crippen LogP contribution is 2.57. The fourth-order valence-electron chi connectivity index (χ4n) is 4.07. The third-order valence-corrected chi connectivity index (χ3v) is 5.59. The van der Waals surface area contributed by atoms with Gasteiger partial charge >= 0.3 is 12.0 Å². The average molecular weight is 443 g/mol. The SMILES string of the molecule is O=c1[nH]cc(-c2cc([C@H]3C[C@@H]3c3ccc4c(c3)OC(F)(F)O4)c3ncc(F)n3n2)c(=O)[nH]1. The number of imidazole rings is 1. The average Bonchev–Trinajstić information content (AvgIpc) is 3.35. The number of H-pyrrole nitrogens is 2. The van der Waals surface area contributed by atoms with E-state index in [2.05, 4.69) is 29.5 Å². The van der Waals surface area contributed by atoms with Crippen molar-refractivity contribution >= 4 is 5.65 Å². The Labute approximate surface area is 175 Å². The molecule has 6 rings (SSSR count). The van der Waals surface area contributed by atoms with Gasteiger partial charge in [-0.3, -0.25) is 9.78 Å². The van der Waals surface area contributed by atoms with Gasteiger partial charge in [0.25, 0.3) is 5.56 Å². The van der Waals surface area contributed by atoms with Crippen LogP contribution in [0, 0.1) is 5.95 Å². The second-order valence-corrected chi connectivity index (χ2v) is 7.61. The number of aromatic nitrogens is 5. The molecular weight excluding hydrogens is 431 g/mol. The van der Waals surface area contributed by atoms with E-state index in [1.54, 1.807) is 12.1 Å². The minimum atomic E-state index is -3.70. The molecule has 2 atom stereocenters. The van der Waals surface area contributed by atoms with Crippen LogP contribution in [0.4, 0.5) is 13.2 Å². The minimum absolute atomic E-state index is 0.0443. The minimum Gasteiger partial charge on any atom is -0.395 e. The molecule has 0 amide bonds. The maximum atomic E-state index is 14.3. The van der Waals surface area contributed by atoms with Crippen molar-refractivity contribution in [2.24, 2.45) is 0 Å². The van der Waals surface area contributed by atoms with Crippen molar-refractivity contribution in [1.29, 1.82) is 0 Å². The first-order valence-electron chi connectivity index (χ1n) is 9.55. The first-order chi connectivity index (χ1) is 15.3. The number of rotatable bonds is 3. The summed E-state index contributed by atoms with van der Waals surface area (Å²) >= 11 is 0. The number of benzene rings is 1. The summed E-state index contributed by atoms with van der Waals surface area (Å²) in [4.78, 5) is 32.1. The van der Waals surface area contributed by atoms with Crippen LogP contribution in [0.2, 0.25) is 0 Å². The largest absolute Gasteiger partial charge is 0.586 e. The van der Waals surface area contributed by atoms with Crippen LogP contribution < -0.4 is 20.7 Å². The van der Waals surface area contributed by atoms with E-state index >= 15 is 0 Å². The maximum Gasteiger partial charge on any atom is 0.586 e. The van der Waals surface area contributed by atoms with Gasteiger partial charge in [-0.05, 0) is 42.0 Å². The molecular formula is C20H12F3N5O4. The van der Waals surface area contributed by atoms with Crippen LogP contribution in [0.25, 0.3) is 16.9 Å². The Kier molecular flexibility index (Phi) is 3.62. The van der Waals surface area contributed by atoms with E-state index in [1.807, 2.05) is 0 Å². The third kappa shape index (κ3) is 2.87. The number of aromatic amines is 2. The fourth-order valence-corrected chi connectivity index (χ4v) is 4.07. The van der Waals surface area contributed by atoms with Gasteiger partial charge in [-0.15, -0.1) is 8.78 Å². The summed E-state index contributed by atoms with van der Waals surface area (Å²) in [5.74, 6) is -0.997. The summed E-state index contributed by atoms with van der Waals surface area (Å²) in [6.07, 6.45) is -0.831. The molecule has 1 aliphatic carbocycles. The van der Waals surface area contributed by atoms with Gasteiger partial charge in [-0.2, -0.15) is 14.0 Å². The lowest BCUT2D eigenvalue weighted by Crippen LogP contribution is -2.25. The zero-order valence-corrected chi connectivity index (χ0v) is 15.9. The van der Waals surface area contributed by atoms with Crippen molar-refractivity contribution < 1.29 is 22.6 Å². The van der Waals surface area contributed by atoms with Crippen molar-refractivity contribution in [3.63, 3.8) is 0 Å². The van der Waals surface area contributed by atoms with Crippen LogP contribution >= 0.6 is 0 Å². The number of hydrogen-bond acceptors (Lipinski definition) is 6. The molecule has 0 bridgehead atoms. The van der Waals surface area contributed by atoms with E-state index in [-0.39, 0.29) is 40.2 Å². The van der Waals surface area contributed by atoms with Crippen molar-refractivity contribution in [1.82, 2.24) is 24.6 Å². The molecule has 0 unspecified atom stereocenters. The van der Waals surface area contributed by atoms with E-state index < -0.39 is 23.5 Å². The second-order valence-electron chi connectivity index (χ2n) is 7.61. The molecule has 1 aromatic carbocycles. The van der Waals surface area contributed by atoms with Crippen LogP contribution in [0.3, 0.4) is 0 Å². The van der Waals surface area contributed by atoms with E-state index in [0.29, 0.717) is 12.0 Å². The van der Waals surface area contributed by atoms with Crippen molar-refractivity contribution in [3.8, 4) is 22.8 Å². The zero-order chi connectivity index (χ0) is 22.2. The van der Waals surface area contributed by atoms with E-state index in [0.717, 1.165) is 16.3 Å². The lowest BCUT2D eigenvalue weighted by atomic mass is 10.0. The maximum absolute atomic E-state index is 14.3. The van der Waals surface area contributed by atoms with Crippen molar-refractivity contribution in [2.45, 2.75) is 24.6 Å². The summed E-state index contributed by atoms with van der Waals surface area (Å²) < 4.78 is 50.9. The molecule has 4 aromatic rings. The quantitative estimate of drug-likeness (QED) is 0.503. The Morgan fingerprint density at radius 1 is 1.12 bits per heavy atom. The summed E-state index contributed by atoms with van der Waals surface area (Å²) in [5.41, 5.74) is 0.534. The summed E-state index contributed by atoms with van der Waals surface area (Å²) in [5, 5.41) is 4.14. The molecule has 3 aromatic heterocycles. The number of nitrogens with zero attached hydrogens (tertiary/aromatic N) is 3. The predicted molar refractivity (Wildman–Crippen MR) is 102 cm³/mol. The number of halogens is 3. The number of ether oxygens (including phenoxy) is 2. The number of hydrogen-bond donors (Lipinski definition) is 2. The molecule has 0 radical (unpaired) electrons. The van der Waals surface area contributed by atoms with Gasteiger partial charge < -0.3 is 14.5 Å². The highest BCUT2D eigenvalue weighted by Gasteiger charge is 2.46. The number of alkyl halides is 2. The Bertz CT molecular complexity index is 1530. The van der Waals surface area contributed by atoms with Crippen LogP contribution in [0.15, 0.2) is 46.2 Å². The lowest BCUT2D eigenvalue weighted by molar-refractivity contribution is -0.286. The summed E-state index contributed by atoms with van der Waals surface area (Å²) in [6, 6.07) is 6.21. The second kappa shape index (κ2) is 6.22. The molecule has 2 aliphatic rings. The van der Waals surface area contributed by atoms with Gasteiger partial charge in [0.1, 0.15) is 0 Å².